The van der Waals surface area contributed by atoms with Crippen molar-refractivity contribution in [3.8, 4) is 0 Å². The minimum Gasteiger partial charge on any atom is -0.377 e. The van der Waals surface area contributed by atoms with Crippen molar-refractivity contribution >= 4 is 5.91 Å². The first kappa shape index (κ1) is 13.9. The summed E-state index contributed by atoms with van der Waals surface area (Å²) in [6.07, 6.45) is 4.16. The molecule has 2 heterocycles. The maximum absolute atomic E-state index is 11.3. The lowest BCUT2D eigenvalue weighted by Crippen LogP contribution is -2.30. The van der Waals surface area contributed by atoms with E-state index in [0.717, 1.165) is 38.2 Å². The van der Waals surface area contributed by atoms with Crippen LogP contribution < -0.4 is 11.3 Å². The van der Waals surface area contributed by atoms with Gasteiger partial charge >= 0.3 is 0 Å². The number of carbonyl (C=O) groups is 1. The Balaban J connectivity index is 1.86. The molecule has 0 spiro atoms. The Morgan fingerprint density at radius 1 is 1.63 bits per heavy atom. The van der Waals surface area contributed by atoms with Crippen LogP contribution in [0, 0.1) is 0 Å². The van der Waals surface area contributed by atoms with E-state index in [4.69, 9.17) is 10.6 Å². The second-order valence-electron chi connectivity index (χ2n) is 4.84. The summed E-state index contributed by atoms with van der Waals surface area (Å²) in [5.74, 6) is 4.74. The molecule has 1 fully saturated rings. The van der Waals surface area contributed by atoms with E-state index in [0.29, 0.717) is 11.7 Å². The van der Waals surface area contributed by atoms with Gasteiger partial charge in [-0.25, -0.2) is 5.84 Å². The summed E-state index contributed by atoms with van der Waals surface area (Å²) in [7, 11) is 2.05. The third-order valence-electron chi connectivity index (χ3n) is 3.19. The molecule has 1 amide bonds. The van der Waals surface area contributed by atoms with Crippen molar-refractivity contribution in [2.45, 2.75) is 25.5 Å². The molecule has 6 heteroatoms. The van der Waals surface area contributed by atoms with Gasteiger partial charge in [0.2, 0.25) is 0 Å². The molecule has 0 aromatic carbocycles. The van der Waals surface area contributed by atoms with Gasteiger partial charge in [-0.1, -0.05) is 0 Å². The fourth-order valence-corrected chi connectivity index (χ4v) is 2.21. The number of pyridine rings is 1. The van der Waals surface area contributed by atoms with Crippen LogP contribution in [0.15, 0.2) is 18.3 Å². The lowest BCUT2D eigenvalue weighted by Gasteiger charge is -2.20. The first-order valence-corrected chi connectivity index (χ1v) is 6.45. The van der Waals surface area contributed by atoms with E-state index in [9.17, 15) is 4.79 Å². The summed E-state index contributed by atoms with van der Waals surface area (Å²) in [6.45, 7) is 2.52. The van der Waals surface area contributed by atoms with Crippen LogP contribution in [0.4, 0.5) is 0 Å². The van der Waals surface area contributed by atoms with E-state index < -0.39 is 0 Å². The average Bonchev–Trinajstić information content (AvgIpc) is 2.91. The highest BCUT2D eigenvalue weighted by Gasteiger charge is 2.17. The second kappa shape index (κ2) is 6.60. The molecule has 0 bridgehead atoms. The van der Waals surface area contributed by atoms with Gasteiger partial charge in [-0.05, 0) is 32.0 Å². The molecule has 0 radical (unpaired) electrons. The first-order chi connectivity index (χ1) is 9.19. The molecule has 1 unspecified atom stereocenters. The summed E-state index contributed by atoms with van der Waals surface area (Å²) < 4.78 is 5.60. The van der Waals surface area contributed by atoms with E-state index in [1.165, 1.54) is 6.20 Å². The van der Waals surface area contributed by atoms with Crippen molar-refractivity contribution in [1.29, 1.82) is 0 Å². The van der Waals surface area contributed by atoms with Crippen LogP contribution in [0.2, 0.25) is 0 Å². The molecule has 19 heavy (non-hydrogen) atoms. The Labute approximate surface area is 112 Å². The molecule has 1 aromatic rings. The van der Waals surface area contributed by atoms with Crippen LogP contribution >= 0.6 is 0 Å². The molecule has 104 valence electrons. The van der Waals surface area contributed by atoms with Gasteiger partial charge in [0.25, 0.3) is 5.91 Å². The van der Waals surface area contributed by atoms with Gasteiger partial charge in [0.1, 0.15) is 0 Å². The van der Waals surface area contributed by atoms with Gasteiger partial charge in [-0.15, -0.1) is 0 Å². The number of likely N-dealkylation sites (N-methyl/N-ethyl adjacent to an activating group) is 1. The van der Waals surface area contributed by atoms with Crippen molar-refractivity contribution in [3.63, 3.8) is 0 Å². The first-order valence-electron chi connectivity index (χ1n) is 6.45. The predicted octanol–water partition coefficient (Wildman–Crippen LogP) is 0.296. The maximum Gasteiger partial charge on any atom is 0.266 e. The number of ether oxygens (including phenoxy) is 1. The van der Waals surface area contributed by atoms with E-state index in [1.54, 1.807) is 6.07 Å². The van der Waals surface area contributed by atoms with Crippen molar-refractivity contribution in [3.05, 3.63) is 29.6 Å². The standard InChI is InChI=1S/C13H20N4O2/c1-17(9-12-3-2-6-19-12)8-11-5-4-10(7-15-11)13(18)16-14/h4-5,7,12H,2-3,6,8-9,14H2,1H3,(H,16,18). The molecular formula is C13H20N4O2. The van der Waals surface area contributed by atoms with Crippen molar-refractivity contribution in [2.75, 3.05) is 20.2 Å². The zero-order valence-corrected chi connectivity index (χ0v) is 11.1. The summed E-state index contributed by atoms with van der Waals surface area (Å²) in [4.78, 5) is 17.7. The highest BCUT2D eigenvalue weighted by molar-refractivity contribution is 5.93. The van der Waals surface area contributed by atoms with Crippen LogP contribution in [0.1, 0.15) is 28.9 Å². The zero-order valence-electron chi connectivity index (χ0n) is 11.1. The normalized spacial score (nSPS) is 18.8. The van der Waals surface area contributed by atoms with E-state index in [-0.39, 0.29) is 5.91 Å². The molecule has 1 saturated heterocycles. The number of amides is 1. The van der Waals surface area contributed by atoms with Crippen LogP contribution in [0.3, 0.4) is 0 Å². The monoisotopic (exact) mass is 264 g/mol. The highest BCUT2D eigenvalue weighted by atomic mass is 16.5. The number of nitrogens with two attached hydrogens (primary N) is 1. The number of aromatic nitrogens is 1. The lowest BCUT2D eigenvalue weighted by atomic mass is 10.2. The second-order valence-corrected chi connectivity index (χ2v) is 4.84. The fraction of sp³-hybridized carbons (Fsp3) is 0.538. The quantitative estimate of drug-likeness (QED) is 0.454. The summed E-state index contributed by atoms with van der Waals surface area (Å²) >= 11 is 0. The largest absolute Gasteiger partial charge is 0.377 e. The fourth-order valence-electron chi connectivity index (χ4n) is 2.21. The maximum atomic E-state index is 11.3. The molecule has 1 aliphatic rings. The molecule has 3 N–H and O–H groups in total. The SMILES string of the molecule is CN(Cc1ccc(C(=O)NN)cn1)CC1CCCO1. The number of nitrogens with one attached hydrogen (secondary N) is 1. The third kappa shape index (κ3) is 3.99. The Morgan fingerprint density at radius 2 is 2.47 bits per heavy atom. The summed E-state index contributed by atoms with van der Waals surface area (Å²) in [5.41, 5.74) is 3.47. The predicted molar refractivity (Wildman–Crippen MR) is 71.2 cm³/mol. The Morgan fingerprint density at radius 3 is 3.05 bits per heavy atom. The molecule has 2 rings (SSSR count). The highest BCUT2D eigenvalue weighted by Crippen LogP contribution is 2.13. The van der Waals surface area contributed by atoms with E-state index >= 15 is 0 Å². The van der Waals surface area contributed by atoms with Crippen LogP contribution in [-0.2, 0) is 11.3 Å². The molecule has 0 aliphatic carbocycles. The molecule has 0 saturated carbocycles. The smallest absolute Gasteiger partial charge is 0.266 e. The van der Waals surface area contributed by atoms with Gasteiger partial charge in [0, 0.05) is 25.9 Å². The van der Waals surface area contributed by atoms with Gasteiger partial charge in [0.15, 0.2) is 0 Å². The van der Waals surface area contributed by atoms with Crippen LogP contribution in [-0.4, -0.2) is 42.1 Å². The van der Waals surface area contributed by atoms with Crippen LogP contribution in [0.25, 0.3) is 0 Å². The van der Waals surface area contributed by atoms with Gasteiger partial charge in [-0.3, -0.25) is 20.1 Å². The van der Waals surface area contributed by atoms with E-state index in [1.807, 2.05) is 13.1 Å². The Hall–Kier alpha value is -1.50. The zero-order chi connectivity index (χ0) is 13.7. The van der Waals surface area contributed by atoms with Gasteiger partial charge < -0.3 is 4.74 Å². The molecule has 1 aliphatic heterocycles. The Bertz CT molecular complexity index is 415. The van der Waals surface area contributed by atoms with Gasteiger partial charge in [0.05, 0.1) is 17.4 Å². The summed E-state index contributed by atoms with van der Waals surface area (Å²) in [5, 5.41) is 0. The Kier molecular flexibility index (Phi) is 4.84. The molecular weight excluding hydrogens is 244 g/mol. The number of nitrogens with zero attached hydrogens (tertiary/aromatic N) is 2. The number of carbonyl (C=O) groups excluding carboxylic acids is 1. The number of hydrogen-bond donors (Lipinski definition) is 2. The van der Waals surface area contributed by atoms with Gasteiger partial charge in [-0.2, -0.15) is 0 Å². The molecule has 6 nitrogen and oxygen atoms in total. The molecule has 1 atom stereocenters. The number of rotatable bonds is 5. The van der Waals surface area contributed by atoms with Crippen molar-refractivity contribution in [1.82, 2.24) is 15.3 Å². The lowest BCUT2D eigenvalue weighted by molar-refractivity contribution is 0.0790. The number of hydrazine groups is 1. The minimum atomic E-state index is -0.327. The number of hydrogen-bond acceptors (Lipinski definition) is 5. The van der Waals surface area contributed by atoms with E-state index in [2.05, 4.69) is 15.3 Å². The van der Waals surface area contributed by atoms with Crippen molar-refractivity contribution < 1.29 is 9.53 Å². The summed E-state index contributed by atoms with van der Waals surface area (Å²) in [6, 6.07) is 3.57. The minimum absolute atomic E-state index is 0.327. The molecule has 1 aromatic heterocycles. The topological polar surface area (TPSA) is 80.5 Å². The average molecular weight is 264 g/mol. The number of nitrogen functional groups attached to an aromatic ring is 1. The third-order valence-corrected chi connectivity index (χ3v) is 3.19. The van der Waals surface area contributed by atoms with Crippen molar-refractivity contribution in [2.24, 2.45) is 5.84 Å². The van der Waals surface area contributed by atoms with Crippen LogP contribution in [0.5, 0.6) is 0 Å².